The molecule has 1 fully saturated rings. The molecule has 0 spiro atoms. The first kappa shape index (κ1) is 19.8. The number of aliphatic hydroxyl groups is 1. The van der Waals surface area contributed by atoms with E-state index in [1.165, 1.54) is 4.68 Å². The van der Waals surface area contributed by atoms with Gasteiger partial charge in [-0.25, -0.2) is 9.67 Å². The summed E-state index contributed by atoms with van der Waals surface area (Å²) in [5.74, 6) is 0.608. The molecule has 1 aliphatic carbocycles. The zero-order chi connectivity index (χ0) is 21.3. The fourth-order valence-electron chi connectivity index (χ4n) is 3.21. The largest absolute Gasteiger partial charge is 0.390 e. The van der Waals surface area contributed by atoms with Crippen LogP contribution in [0.4, 0.5) is 19.4 Å². The van der Waals surface area contributed by atoms with E-state index >= 15 is 0 Å². The number of aromatic amines is 1. The highest BCUT2D eigenvalue weighted by Gasteiger charge is 2.65. The third-order valence-corrected chi connectivity index (χ3v) is 6.10. The number of aromatic nitrogens is 4. The maximum Gasteiger partial charge on any atom is 0.310 e. The Kier molecular flexibility index (Phi) is 3.81. The molecule has 2 N–H and O–H groups in total. The maximum absolute atomic E-state index is 12.9. The van der Waals surface area contributed by atoms with Crippen LogP contribution in [0.15, 0.2) is 34.0 Å². The normalized spacial score (nSPS) is 18.4. The Bertz CT molecular complexity index is 1170. The molecule has 0 amide bonds. The van der Waals surface area contributed by atoms with E-state index in [1.807, 2.05) is 0 Å². The first-order valence-corrected chi connectivity index (χ1v) is 10.7. The third-order valence-electron chi connectivity index (χ3n) is 4.94. The molecule has 0 bridgehead atoms. The van der Waals surface area contributed by atoms with Crippen LogP contribution in [-0.2, 0) is 6.61 Å². The maximum atomic E-state index is 12.9. The lowest BCUT2D eigenvalue weighted by Gasteiger charge is -2.40. The molecule has 1 aromatic carbocycles. The summed E-state index contributed by atoms with van der Waals surface area (Å²) in [4.78, 5) is 17.6. The van der Waals surface area contributed by atoms with Gasteiger partial charge in [0.1, 0.15) is 21.8 Å². The fourth-order valence-corrected chi connectivity index (χ4v) is 3.86. The van der Waals surface area contributed by atoms with Crippen molar-refractivity contribution in [1.82, 2.24) is 19.7 Å². The van der Waals surface area contributed by atoms with Crippen molar-refractivity contribution >= 4 is 21.3 Å². The number of halogens is 5. The fraction of sp³-hybridized carbons (Fsp3) is 0.353. The SMILES string of the molecule is CC(c1ccc(S(F)(F)(F)(F)F)cc1)n1nc(CO)c2c(=O)[nH]c(C3CC3)nc21. The number of hydrogen-bond acceptors (Lipinski definition) is 4. The van der Waals surface area contributed by atoms with Crippen LogP contribution in [0.5, 0.6) is 0 Å². The van der Waals surface area contributed by atoms with Crippen molar-refractivity contribution in [2.45, 2.75) is 43.2 Å². The molecule has 1 saturated carbocycles. The zero-order valence-electron chi connectivity index (χ0n) is 15.1. The van der Waals surface area contributed by atoms with Crippen molar-refractivity contribution in [3.63, 3.8) is 0 Å². The van der Waals surface area contributed by atoms with Crippen LogP contribution in [0.1, 0.15) is 48.8 Å². The van der Waals surface area contributed by atoms with Crippen molar-refractivity contribution in [1.29, 1.82) is 0 Å². The quantitative estimate of drug-likeness (QED) is 0.565. The van der Waals surface area contributed by atoms with Gasteiger partial charge in [-0.3, -0.25) is 4.79 Å². The number of rotatable bonds is 5. The predicted molar refractivity (Wildman–Crippen MR) is 97.7 cm³/mol. The summed E-state index contributed by atoms with van der Waals surface area (Å²) < 4.78 is 66.0. The number of benzene rings is 1. The molecule has 1 aliphatic rings. The molecule has 0 radical (unpaired) electrons. The predicted octanol–water partition coefficient (Wildman–Crippen LogP) is 4.76. The molecule has 158 valence electrons. The highest BCUT2D eigenvalue weighted by Crippen LogP contribution is 3.02. The average Bonchev–Trinajstić information content (AvgIpc) is 3.40. The lowest BCUT2D eigenvalue weighted by Crippen LogP contribution is -2.14. The lowest BCUT2D eigenvalue weighted by atomic mass is 10.1. The molecule has 1 unspecified atom stereocenters. The van der Waals surface area contributed by atoms with E-state index in [-0.39, 0.29) is 28.2 Å². The standard InChI is InChI=1S/C17H17F5N4O2S/c1-9(10-4-6-12(7-5-10)29(18,19,20,21)22)26-16-14(13(8-27)25-26)17(28)24-15(23-16)11-2-3-11/h4-7,9,11,27H,2-3,8H2,1H3,(H,23,24,28). The van der Waals surface area contributed by atoms with Gasteiger partial charge in [0.05, 0.1) is 12.6 Å². The van der Waals surface area contributed by atoms with E-state index in [1.54, 1.807) is 6.92 Å². The van der Waals surface area contributed by atoms with Gasteiger partial charge < -0.3 is 10.1 Å². The molecule has 29 heavy (non-hydrogen) atoms. The summed E-state index contributed by atoms with van der Waals surface area (Å²) in [5.41, 5.74) is 0.0609. The van der Waals surface area contributed by atoms with Gasteiger partial charge in [0.2, 0.25) is 0 Å². The third kappa shape index (κ3) is 3.62. The summed E-state index contributed by atoms with van der Waals surface area (Å²) in [6.45, 7) is 1.05. The second-order valence-corrected chi connectivity index (χ2v) is 9.60. The van der Waals surface area contributed by atoms with Crippen LogP contribution in [-0.4, -0.2) is 24.9 Å². The van der Waals surface area contributed by atoms with Crippen LogP contribution in [0, 0.1) is 0 Å². The monoisotopic (exact) mass is 436 g/mol. The molecule has 3 aromatic rings. The van der Waals surface area contributed by atoms with Crippen LogP contribution in [0.3, 0.4) is 0 Å². The van der Waals surface area contributed by atoms with Crippen molar-refractivity contribution in [3.8, 4) is 0 Å². The van der Waals surface area contributed by atoms with Gasteiger partial charge in [-0.1, -0.05) is 31.6 Å². The number of nitrogens with zero attached hydrogens (tertiary/aromatic N) is 3. The molecule has 6 nitrogen and oxygen atoms in total. The van der Waals surface area contributed by atoms with Crippen LogP contribution in [0.2, 0.25) is 0 Å². The summed E-state index contributed by atoms with van der Waals surface area (Å²) in [7, 11) is -9.76. The number of H-pyrrole nitrogens is 1. The van der Waals surface area contributed by atoms with E-state index in [4.69, 9.17) is 0 Å². The van der Waals surface area contributed by atoms with Gasteiger partial charge in [0.25, 0.3) is 5.56 Å². The van der Waals surface area contributed by atoms with Gasteiger partial charge in [-0.2, -0.15) is 5.10 Å². The Hall–Kier alpha value is -2.47. The number of hydrogen-bond donors (Lipinski definition) is 2. The molecule has 0 saturated heterocycles. The highest BCUT2D eigenvalue weighted by atomic mass is 32.5. The average molecular weight is 436 g/mol. The summed E-state index contributed by atoms with van der Waals surface area (Å²) in [6, 6.07) is 1.84. The van der Waals surface area contributed by atoms with Crippen LogP contribution < -0.4 is 5.56 Å². The van der Waals surface area contributed by atoms with Crippen molar-refractivity contribution in [2.75, 3.05) is 0 Å². The molecule has 4 rings (SSSR count). The summed E-state index contributed by atoms with van der Waals surface area (Å²) in [5, 5.41) is 13.8. The Balaban J connectivity index is 1.81. The second kappa shape index (κ2) is 5.57. The highest BCUT2D eigenvalue weighted by molar-refractivity contribution is 8.45. The number of nitrogens with one attached hydrogen (secondary N) is 1. The van der Waals surface area contributed by atoms with E-state index < -0.39 is 33.3 Å². The molecule has 2 aromatic heterocycles. The minimum absolute atomic E-state index is 0.0755. The Morgan fingerprint density at radius 3 is 2.34 bits per heavy atom. The van der Waals surface area contributed by atoms with Crippen molar-refractivity contribution in [2.24, 2.45) is 0 Å². The van der Waals surface area contributed by atoms with E-state index in [2.05, 4.69) is 15.1 Å². The van der Waals surface area contributed by atoms with Gasteiger partial charge in [0.15, 0.2) is 5.65 Å². The van der Waals surface area contributed by atoms with Crippen LogP contribution in [0.25, 0.3) is 11.0 Å². The van der Waals surface area contributed by atoms with E-state index in [9.17, 15) is 29.3 Å². The summed E-state index contributed by atoms with van der Waals surface area (Å²) in [6.07, 6.45) is 1.75. The first-order chi connectivity index (χ1) is 13.3. The summed E-state index contributed by atoms with van der Waals surface area (Å²) >= 11 is 0. The minimum Gasteiger partial charge on any atom is -0.390 e. The second-order valence-electron chi connectivity index (χ2n) is 7.19. The Morgan fingerprint density at radius 2 is 1.83 bits per heavy atom. The number of aliphatic hydroxyl groups excluding tert-OH is 1. The molecular weight excluding hydrogens is 419 g/mol. The van der Waals surface area contributed by atoms with Gasteiger partial charge in [-0.15, -0.1) is 0 Å². The Labute approximate surface area is 161 Å². The molecular formula is C17H17F5N4O2S. The smallest absolute Gasteiger partial charge is 0.310 e. The molecule has 12 heteroatoms. The van der Waals surface area contributed by atoms with Crippen molar-refractivity contribution < 1.29 is 24.5 Å². The lowest BCUT2D eigenvalue weighted by molar-refractivity contribution is 0.276. The molecule has 2 heterocycles. The number of fused-ring (bicyclic) bond motifs is 1. The zero-order valence-corrected chi connectivity index (χ0v) is 15.9. The van der Waals surface area contributed by atoms with E-state index in [0.29, 0.717) is 18.0 Å². The Morgan fingerprint density at radius 1 is 1.21 bits per heavy atom. The topological polar surface area (TPSA) is 83.8 Å². The molecule has 0 aliphatic heterocycles. The van der Waals surface area contributed by atoms with Crippen molar-refractivity contribution in [3.05, 3.63) is 51.7 Å². The van der Waals surface area contributed by atoms with Crippen LogP contribution >= 0.6 is 10.2 Å². The van der Waals surface area contributed by atoms with Gasteiger partial charge >= 0.3 is 10.2 Å². The minimum atomic E-state index is -9.76. The van der Waals surface area contributed by atoms with Gasteiger partial charge in [0, 0.05) is 5.92 Å². The van der Waals surface area contributed by atoms with E-state index in [0.717, 1.165) is 25.0 Å². The van der Waals surface area contributed by atoms with Gasteiger partial charge in [-0.05, 0) is 37.5 Å². The first-order valence-electron chi connectivity index (χ1n) is 8.74. The molecule has 1 atom stereocenters.